The van der Waals surface area contributed by atoms with Gasteiger partial charge in [0.1, 0.15) is 11.5 Å². The molecule has 1 aromatic carbocycles. The molecule has 0 radical (unpaired) electrons. The van der Waals surface area contributed by atoms with Crippen LogP contribution in [0, 0.1) is 0 Å². The number of carbonyl (C=O) groups excluding carboxylic acids is 1. The molecule has 8 heteroatoms. The second kappa shape index (κ2) is 11.5. The zero-order valence-corrected chi connectivity index (χ0v) is 17.7. The number of benzene rings is 1. The van der Waals surface area contributed by atoms with Crippen molar-refractivity contribution in [1.82, 2.24) is 10.2 Å². The van der Waals surface area contributed by atoms with E-state index in [0.29, 0.717) is 6.04 Å². The van der Waals surface area contributed by atoms with Gasteiger partial charge in [0.25, 0.3) is 0 Å². The van der Waals surface area contributed by atoms with Gasteiger partial charge in [-0.2, -0.15) is 0 Å². The average molecular weight is 420 g/mol. The predicted octanol–water partition coefficient (Wildman–Crippen LogP) is 3.09. The summed E-state index contributed by atoms with van der Waals surface area (Å²) in [5.41, 5.74) is 0.995. The summed E-state index contributed by atoms with van der Waals surface area (Å²) in [6.45, 7) is 2.59. The highest BCUT2D eigenvalue weighted by Crippen LogP contribution is 2.27. The molecule has 1 aromatic rings. The molecule has 2 aliphatic heterocycles. The van der Waals surface area contributed by atoms with E-state index in [1.54, 1.807) is 14.2 Å². The van der Waals surface area contributed by atoms with Gasteiger partial charge in [0, 0.05) is 43.0 Å². The second-order valence-electron chi connectivity index (χ2n) is 6.85. The molecule has 0 aromatic heterocycles. The lowest BCUT2D eigenvalue weighted by atomic mass is 10.00. The minimum absolute atomic E-state index is 0. The lowest BCUT2D eigenvalue weighted by Crippen LogP contribution is -2.51. The lowest BCUT2D eigenvalue weighted by Gasteiger charge is -2.36. The van der Waals surface area contributed by atoms with Crippen molar-refractivity contribution in [2.24, 2.45) is 0 Å². The maximum atomic E-state index is 12.6. The SMILES string of the molecule is COc1cc(NC2CCN(C(=O)[C@H]3CCCCN3)CC2)cc(OC)c1.Cl.Cl. The van der Waals surface area contributed by atoms with Gasteiger partial charge in [-0.15, -0.1) is 24.8 Å². The third kappa shape index (κ3) is 6.33. The van der Waals surface area contributed by atoms with E-state index in [1.165, 1.54) is 6.42 Å². The maximum absolute atomic E-state index is 12.6. The van der Waals surface area contributed by atoms with Gasteiger partial charge < -0.3 is 25.0 Å². The summed E-state index contributed by atoms with van der Waals surface area (Å²) < 4.78 is 10.6. The van der Waals surface area contributed by atoms with Crippen LogP contribution in [0.2, 0.25) is 0 Å². The maximum Gasteiger partial charge on any atom is 0.239 e. The largest absolute Gasteiger partial charge is 0.497 e. The van der Waals surface area contributed by atoms with Crippen LogP contribution in [0.15, 0.2) is 18.2 Å². The van der Waals surface area contributed by atoms with Crippen LogP contribution in [0.3, 0.4) is 0 Å². The molecule has 0 aliphatic carbocycles. The molecule has 27 heavy (non-hydrogen) atoms. The van der Waals surface area contributed by atoms with Gasteiger partial charge in [0.2, 0.25) is 5.91 Å². The zero-order valence-electron chi connectivity index (χ0n) is 16.0. The van der Waals surface area contributed by atoms with Crippen LogP contribution >= 0.6 is 24.8 Å². The van der Waals surface area contributed by atoms with Crippen LogP contribution in [-0.4, -0.2) is 56.7 Å². The van der Waals surface area contributed by atoms with Crippen molar-refractivity contribution < 1.29 is 14.3 Å². The Bertz CT molecular complexity index is 567. The number of likely N-dealkylation sites (tertiary alicyclic amines) is 1. The monoisotopic (exact) mass is 419 g/mol. The molecule has 0 saturated carbocycles. The third-order valence-electron chi connectivity index (χ3n) is 5.14. The molecule has 2 saturated heterocycles. The fourth-order valence-electron chi connectivity index (χ4n) is 3.65. The second-order valence-corrected chi connectivity index (χ2v) is 6.85. The number of rotatable bonds is 5. The van der Waals surface area contributed by atoms with Crippen LogP contribution in [-0.2, 0) is 4.79 Å². The first-order chi connectivity index (χ1) is 12.2. The molecule has 2 N–H and O–H groups in total. The highest BCUT2D eigenvalue weighted by Gasteiger charge is 2.29. The molecule has 0 bridgehead atoms. The Kier molecular flexibility index (Phi) is 10.1. The van der Waals surface area contributed by atoms with Crippen LogP contribution in [0.5, 0.6) is 11.5 Å². The minimum Gasteiger partial charge on any atom is -0.497 e. The van der Waals surface area contributed by atoms with Gasteiger partial charge in [-0.1, -0.05) is 6.42 Å². The molecule has 2 heterocycles. The number of nitrogens with zero attached hydrogens (tertiary/aromatic N) is 1. The fraction of sp³-hybridized carbons (Fsp3) is 0.632. The molecule has 3 rings (SSSR count). The number of anilines is 1. The Morgan fingerprint density at radius 2 is 1.67 bits per heavy atom. The van der Waals surface area contributed by atoms with Gasteiger partial charge in [-0.05, 0) is 32.2 Å². The topological polar surface area (TPSA) is 62.8 Å². The first-order valence-electron chi connectivity index (χ1n) is 9.21. The van der Waals surface area contributed by atoms with Crippen molar-refractivity contribution in [2.45, 2.75) is 44.2 Å². The van der Waals surface area contributed by atoms with Crippen molar-refractivity contribution >= 4 is 36.4 Å². The van der Waals surface area contributed by atoms with E-state index in [4.69, 9.17) is 9.47 Å². The number of methoxy groups -OCH3 is 2. The molecule has 2 fully saturated rings. The summed E-state index contributed by atoms with van der Waals surface area (Å²) in [5, 5.41) is 6.91. The van der Waals surface area contributed by atoms with E-state index in [9.17, 15) is 4.79 Å². The number of hydrogen-bond acceptors (Lipinski definition) is 5. The van der Waals surface area contributed by atoms with Crippen molar-refractivity contribution in [3.63, 3.8) is 0 Å². The molecule has 2 aliphatic rings. The summed E-state index contributed by atoms with van der Waals surface area (Å²) in [5.74, 6) is 1.83. The molecule has 6 nitrogen and oxygen atoms in total. The van der Waals surface area contributed by atoms with E-state index in [1.807, 2.05) is 23.1 Å². The number of nitrogens with one attached hydrogen (secondary N) is 2. The quantitative estimate of drug-likeness (QED) is 0.767. The summed E-state index contributed by atoms with van der Waals surface area (Å²) >= 11 is 0. The van der Waals surface area contributed by atoms with Crippen molar-refractivity contribution in [3.8, 4) is 11.5 Å². The molecule has 1 amide bonds. The molecule has 0 unspecified atom stereocenters. The normalized spacial score (nSPS) is 20.1. The van der Waals surface area contributed by atoms with E-state index in [2.05, 4.69) is 10.6 Å². The molecule has 154 valence electrons. The summed E-state index contributed by atoms with van der Waals surface area (Å²) in [4.78, 5) is 14.6. The van der Waals surface area contributed by atoms with Crippen molar-refractivity contribution in [2.75, 3.05) is 39.2 Å². The van der Waals surface area contributed by atoms with E-state index in [0.717, 1.165) is 62.5 Å². The zero-order chi connectivity index (χ0) is 17.6. The number of hydrogen-bond donors (Lipinski definition) is 2. The number of halogens is 2. The molecule has 0 spiro atoms. The van der Waals surface area contributed by atoms with Gasteiger partial charge in [0.15, 0.2) is 0 Å². The van der Waals surface area contributed by atoms with E-state index < -0.39 is 0 Å². The number of amides is 1. The van der Waals surface area contributed by atoms with Gasteiger partial charge in [-0.25, -0.2) is 0 Å². The van der Waals surface area contributed by atoms with Gasteiger partial charge in [0.05, 0.1) is 20.3 Å². The Morgan fingerprint density at radius 1 is 1.04 bits per heavy atom. The van der Waals surface area contributed by atoms with Crippen LogP contribution in [0.4, 0.5) is 5.69 Å². The highest BCUT2D eigenvalue weighted by molar-refractivity contribution is 5.85. The molecule has 1 atom stereocenters. The Labute approximate surface area is 174 Å². The Morgan fingerprint density at radius 3 is 2.19 bits per heavy atom. The Hall–Kier alpha value is -1.37. The van der Waals surface area contributed by atoms with E-state index >= 15 is 0 Å². The summed E-state index contributed by atoms with van der Waals surface area (Å²) in [6, 6.07) is 6.21. The minimum atomic E-state index is 0. The van der Waals surface area contributed by atoms with Gasteiger partial charge >= 0.3 is 0 Å². The average Bonchev–Trinajstić information content (AvgIpc) is 2.68. The third-order valence-corrected chi connectivity index (χ3v) is 5.14. The number of piperidine rings is 2. The smallest absolute Gasteiger partial charge is 0.239 e. The van der Waals surface area contributed by atoms with Crippen molar-refractivity contribution in [3.05, 3.63) is 18.2 Å². The van der Waals surface area contributed by atoms with Crippen LogP contribution in [0.25, 0.3) is 0 Å². The van der Waals surface area contributed by atoms with Crippen LogP contribution < -0.4 is 20.1 Å². The first-order valence-corrected chi connectivity index (χ1v) is 9.21. The van der Waals surface area contributed by atoms with E-state index in [-0.39, 0.29) is 36.8 Å². The van der Waals surface area contributed by atoms with Crippen LogP contribution in [0.1, 0.15) is 32.1 Å². The molecular formula is C19H31Cl2N3O3. The lowest BCUT2D eigenvalue weighted by molar-refractivity contribution is -0.135. The summed E-state index contributed by atoms with van der Waals surface area (Å²) in [7, 11) is 3.31. The standard InChI is InChI=1S/C19H29N3O3.2ClH/c1-24-16-11-15(12-17(13-16)25-2)21-14-6-9-22(10-7-14)19(23)18-5-3-4-8-20-18;;/h11-14,18,20-21H,3-10H2,1-2H3;2*1H/t18-;;/m1../s1. The fourth-order valence-corrected chi connectivity index (χ4v) is 3.65. The number of ether oxygens (including phenoxy) is 2. The number of carbonyl (C=O) groups is 1. The van der Waals surface area contributed by atoms with Crippen molar-refractivity contribution in [1.29, 1.82) is 0 Å². The highest BCUT2D eigenvalue weighted by atomic mass is 35.5. The molecular weight excluding hydrogens is 389 g/mol. The first kappa shape index (κ1) is 23.7. The summed E-state index contributed by atoms with van der Waals surface area (Å²) in [6.07, 6.45) is 5.22. The van der Waals surface area contributed by atoms with Gasteiger partial charge in [-0.3, -0.25) is 4.79 Å². The predicted molar refractivity (Wildman–Crippen MR) is 113 cm³/mol. The Balaban J connectivity index is 0.00000182.